The van der Waals surface area contributed by atoms with Crippen LogP contribution in [0.2, 0.25) is 0 Å². The van der Waals surface area contributed by atoms with Gasteiger partial charge in [0.1, 0.15) is 12.4 Å². The SMILES string of the molecule is CCS(=O)(=O)CCNC(=O)c1cccc(OCc2ccccc2C#N)c1. The van der Waals surface area contributed by atoms with Crippen LogP contribution >= 0.6 is 0 Å². The third kappa shape index (κ3) is 5.60. The van der Waals surface area contributed by atoms with E-state index in [0.29, 0.717) is 16.9 Å². The molecule has 1 N–H and O–H groups in total. The minimum Gasteiger partial charge on any atom is -0.489 e. The Kier molecular flexibility index (Phi) is 6.75. The molecule has 136 valence electrons. The number of nitriles is 1. The lowest BCUT2D eigenvalue weighted by Gasteiger charge is -2.10. The van der Waals surface area contributed by atoms with Gasteiger partial charge in [-0.15, -0.1) is 0 Å². The van der Waals surface area contributed by atoms with Crippen LogP contribution < -0.4 is 10.1 Å². The molecule has 0 saturated carbocycles. The highest BCUT2D eigenvalue weighted by Crippen LogP contribution is 2.16. The molecular formula is C19H20N2O4S. The maximum Gasteiger partial charge on any atom is 0.251 e. The molecule has 0 radical (unpaired) electrons. The monoisotopic (exact) mass is 372 g/mol. The molecule has 0 heterocycles. The predicted molar refractivity (Wildman–Crippen MR) is 98.6 cm³/mol. The Hall–Kier alpha value is -2.85. The van der Waals surface area contributed by atoms with Gasteiger partial charge in [-0.3, -0.25) is 4.79 Å². The summed E-state index contributed by atoms with van der Waals surface area (Å²) in [6.45, 7) is 1.85. The number of hydrogen-bond donors (Lipinski definition) is 1. The van der Waals surface area contributed by atoms with Crippen LogP contribution in [0.25, 0.3) is 0 Å². The van der Waals surface area contributed by atoms with Crippen LogP contribution in [0.4, 0.5) is 0 Å². The average molecular weight is 372 g/mol. The predicted octanol–water partition coefficient (Wildman–Crippen LogP) is 2.30. The maximum absolute atomic E-state index is 12.1. The van der Waals surface area contributed by atoms with Gasteiger partial charge in [0.05, 0.1) is 17.4 Å². The lowest BCUT2D eigenvalue weighted by Crippen LogP contribution is -2.29. The van der Waals surface area contributed by atoms with Crippen LogP contribution in [0.15, 0.2) is 48.5 Å². The fraction of sp³-hybridized carbons (Fsp3) is 0.263. The fourth-order valence-electron chi connectivity index (χ4n) is 2.21. The van der Waals surface area contributed by atoms with E-state index in [1.165, 1.54) is 0 Å². The number of nitrogens with one attached hydrogen (secondary N) is 1. The van der Waals surface area contributed by atoms with Crippen molar-refractivity contribution in [2.24, 2.45) is 0 Å². The molecule has 0 spiro atoms. The first-order valence-electron chi connectivity index (χ1n) is 8.14. The summed E-state index contributed by atoms with van der Waals surface area (Å²) in [6.07, 6.45) is 0. The van der Waals surface area contributed by atoms with Crippen molar-refractivity contribution in [3.63, 3.8) is 0 Å². The summed E-state index contributed by atoms with van der Waals surface area (Å²) < 4.78 is 28.6. The second-order valence-electron chi connectivity index (χ2n) is 5.58. The van der Waals surface area contributed by atoms with Crippen LogP contribution in [-0.4, -0.2) is 32.4 Å². The number of hydrogen-bond acceptors (Lipinski definition) is 5. The van der Waals surface area contributed by atoms with Crippen LogP contribution in [0.1, 0.15) is 28.4 Å². The van der Waals surface area contributed by atoms with Crippen molar-refractivity contribution in [2.45, 2.75) is 13.5 Å². The third-order valence-corrected chi connectivity index (χ3v) is 5.47. The van der Waals surface area contributed by atoms with E-state index in [2.05, 4.69) is 11.4 Å². The number of rotatable bonds is 8. The first kappa shape index (κ1) is 19.5. The van der Waals surface area contributed by atoms with E-state index in [-0.39, 0.29) is 30.6 Å². The molecule has 0 aliphatic rings. The van der Waals surface area contributed by atoms with E-state index < -0.39 is 9.84 Å². The molecule has 2 aromatic rings. The number of ether oxygens (including phenoxy) is 1. The summed E-state index contributed by atoms with van der Waals surface area (Å²) >= 11 is 0. The van der Waals surface area contributed by atoms with E-state index >= 15 is 0 Å². The molecule has 0 unspecified atom stereocenters. The van der Waals surface area contributed by atoms with Crippen LogP contribution in [0, 0.1) is 11.3 Å². The number of sulfone groups is 1. The normalized spacial score (nSPS) is 10.8. The number of carbonyl (C=O) groups is 1. The summed E-state index contributed by atoms with van der Waals surface area (Å²) in [5, 5.41) is 11.7. The lowest BCUT2D eigenvalue weighted by molar-refractivity contribution is 0.0955. The molecular weight excluding hydrogens is 352 g/mol. The smallest absolute Gasteiger partial charge is 0.251 e. The van der Waals surface area contributed by atoms with E-state index in [0.717, 1.165) is 5.56 Å². The molecule has 0 aliphatic heterocycles. The van der Waals surface area contributed by atoms with Crippen LogP contribution in [0.3, 0.4) is 0 Å². The molecule has 0 bridgehead atoms. The largest absolute Gasteiger partial charge is 0.489 e. The zero-order valence-corrected chi connectivity index (χ0v) is 15.3. The number of amides is 1. The summed E-state index contributed by atoms with van der Waals surface area (Å²) in [4.78, 5) is 12.1. The Morgan fingerprint density at radius 2 is 1.96 bits per heavy atom. The third-order valence-electron chi connectivity index (χ3n) is 3.77. The molecule has 1 amide bonds. The lowest BCUT2D eigenvalue weighted by atomic mass is 10.1. The van der Waals surface area contributed by atoms with Gasteiger partial charge >= 0.3 is 0 Å². The zero-order chi connectivity index (χ0) is 19.0. The molecule has 0 fully saturated rings. The summed E-state index contributed by atoms with van der Waals surface area (Å²) in [5.41, 5.74) is 1.68. The highest BCUT2D eigenvalue weighted by molar-refractivity contribution is 7.91. The van der Waals surface area contributed by atoms with E-state index in [1.807, 2.05) is 12.1 Å². The highest BCUT2D eigenvalue weighted by atomic mass is 32.2. The zero-order valence-electron chi connectivity index (χ0n) is 14.4. The van der Waals surface area contributed by atoms with E-state index in [9.17, 15) is 13.2 Å². The van der Waals surface area contributed by atoms with Crippen LogP contribution in [-0.2, 0) is 16.4 Å². The van der Waals surface area contributed by atoms with Crippen molar-refractivity contribution in [2.75, 3.05) is 18.1 Å². The van der Waals surface area contributed by atoms with Gasteiger partial charge in [0, 0.05) is 23.4 Å². The molecule has 7 heteroatoms. The minimum atomic E-state index is -3.12. The molecule has 0 atom stereocenters. The Morgan fingerprint density at radius 1 is 1.19 bits per heavy atom. The number of carbonyl (C=O) groups excluding carboxylic acids is 1. The van der Waals surface area contributed by atoms with Crippen molar-refractivity contribution in [1.29, 1.82) is 5.26 Å². The van der Waals surface area contributed by atoms with Gasteiger partial charge in [0.15, 0.2) is 9.84 Å². The molecule has 26 heavy (non-hydrogen) atoms. The molecule has 6 nitrogen and oxygen atoms in total. The Balaban J connectivity index is 1.97. The molecule has 2 rings (SSSR count). The van der Waals surface area contributed by atoms with Gasteiger partial charge in [0.25, 0.3) is 5.91 Å². The summed E-state index contributed by atoms with van der Waals surface area (Å²) in [5.74, 6) is 0.0953. The van der Waals surface area contributed by atoms with E-state index in [4.69, 9.17) is 10.00 Å². The molecule has 2 aromatic carbocycles. The van der Waals surface area contributed by atoms with Crippen LogP contribution in [0.5, 0.6) is 5.75 Å². The van der Waals surface area contributed by atoms with Crippen molar-refractivity contribution >= 4 is 15.7 Å². The van der Waals surface area contributed by atoms with Crippen molar-refractivity contribution in [3.8, 4) is 11.8 Å². The summed E-state index contributed by atoms with van der Waals surface area (Å²) in [7, 11) is -3.12. The second-order valence-corrected chi connectivity index (χ2v) is 8.05. The quantitative estimate of drug-likeness (QED) is 0.767. The minimum absolute atomic E-state index is 0.0520. The van der Waals surface area contributed by atoms with Gasteiger partial charge in [-0.25, -0.2) is 8.42 Å². The molecule has 0 aromatic heterocycles. The standard InChI is InChI=1S/C19H20N2O4S/c1-2-26(23,24)11-10-21-19(22)15-8-5-9-18(12-15)25-14-17-7-4-3-6-16(17)13-20/h3-9,12H,2,10-11,14H2,1H3,(H,21,22). The van der Waals surface area contributed by atoms with Gasteiger partial charge in [-0.05, 0) is 24.3 Å². The van der Waals surface area contributed by atoms with Gasteiger partial charge in [0.2, 0.25) is 0 Å². The van der Waals surface area contributed by atoms with Gasteiger partial charge in [-0.1, -0.05) is 31.2 Å². The van der Waals surface area contributed by atoms with Crippen molar-refractivity contribution in [1.82, 2.24) is 5.32 Å². The average Bonchev–Trinajstić information content (AvgIpc) is 2.66. The van der Waals surface area contributed by atoms with Crippen molar-refractivity contribution < 1.29 is 17.9 Å². The Morgan fingerprint density at radius 3 is 2.69 bits per heavy atom. The number of nitrogens with zero attached hydrogens (tertiary/aromatic N) is 1. The second kappa shape index (κ2) is 9.02. The Bertz CT molecular complexity index is 917. The highest BCUT2D eigenvalue weighted by Gasteiger charge is 2.10. The van der Waals surface area contributed by atoms with Gasteiger partial charge < -0.3 is 10.1 Å². The molecule has 0 saturated heterocycles. The maximum atomic E-state index is 12.1. The summed E-state index contributed by atoms with van der Waals surface area (Å²) in [6, 6.07) is 15.8. The fourth-order valence-corrected chi connectivity index (χ4v) is 2.91. The molecule has 0 aliphatic carbocycles. The first-order chi connectivity index (χ1) is 12.4. The Labute approximate surface area is 153 Å². The number of benzene rings is 2. The first-order valence-corrected chi connectivity index (χ1v) is 9.97. The van der Waals surface area contributed by atoms with E-state index in [1.54, 1.807) is 43.3 Å². The van der Waals surface area contributed by atoms with Gasteiger partial charge in [-0.2, -0.15) is 5.26 Å². The topological polar surface area (TPSA) is 96.3 Å². The van der Waals surface area contributed by atoms with Crippen molar-refractivity contribution in [3.05, 3.63) is 65.2 Å².